The van der Waals surface area contributed by atoms with Crippen LogP contribution in [0.5, 0.6) is 5.75 Å². The van der Waals surface area contributed by atoms with Gasteiger partial charge in [-0.15, -0.1) is 0 Å². The van der Waals surface area contributed by atoms with Crippen molar-refractivity contribution >= 4 is 29.8 Å². The Kier molecular flexibility index (Phi) is 12.7. The molecule has 12 atom stereocenters. The minimum absolute atomic E-state index is 0.125. The molecule has 1 N–H and O–H groups in total. The molecule has 2 bridgehead atoms. The van der Waals surface area contributed by atoms with Gasteiger partial charge in [-0.1, -0.05) is 74.5 Å². The van der Waals surface area contributed by atoms with E-state index in [9.17, 15) is 19.5 Å². The van der Waals surface area contributed by atoms with Gasteiger partial charge in [0.05, 0.1) is 30.1 Å². The first-order valence-electron chi connectivity index (χ1n) is 22.8. The number of carbonyl (C=O) groups is 5. The SMILES string of the molecule is COc1ccc(C2O[C@@H](C(=O)O[C@H]3C[C@@]4(O)[C@@H](OC(=O)c5ccccc5)C5[C@]6(OC(C)=O)O[C@@H]6C[C@H](OC)[C@@]5(C)C(=O)[C@H](OC)C(=C3C)C4(C)C)[C@H](c3ccccc3)N2C(=O)OC(C)(C)C)cc1. The highest BCUT2D eigenvalue weighted by Gasteiger charge is 2.82. The Hall–Kier alpha value is -5.65. The summed E-state index contributed by atoms with van der Waals surface area (Å²) in [5.74, 6) is -5.69. The van der Waals surface area contributed by atoms with E-state index in [0.29, 0.717) is 22.4 Å². The molecule has 2 heterocycles. The summed E-state index contributed by atoms with van der Waals surface area (Å²) < 4.78 is 55.6. The zero-order valence-electron chi connectivity index (χ0n) is 40.3. The molecule has 16 heteroatoms. The second-order valence-corrected chi connectivity index (χ2v) is 20.0. The second-order valence-electron chi connectivity index (χ2n) is 20.0. The molecule has 3 aromatic carbocycles. The third-order valence-corrected chi connectivity index (χ3v) is 14.7. The van der Waals surface area contributed by atoms with Crippen LogP contribution in [0, 0.1) is 16.7 Å². The van der Waals surface area contributed by atoms with Crippen molar-refractivity contribution in [2.75, 3.05) is 21.3 Å². The minimum atomic E-state index is -2.23. The maximum Gasteiger partial charge on any atom is 0.413 e. The first-order valence-corrected chi connectivity index (χ1v) is 22.8. The van der Waals surface area contributed by atoms with Gasteiger partial charge in [0, 0.05) is 45.0 Å². The number of amides is 1. The number of Topliss-reactive ketones (excluding diaryl/α,β-unsaturated/α-hetero) is 1. The summed E-state index contributed by atoms with van der Waals surface area (Å²) in [4.78, 5) is 74.1. The molecular weight excluding hydrogens is 879 g/mol. The Labute approximate surface area is 396 Å². The fraction of sp³-hybridized carbons (Fsp3) is 0.519. The summed E-state index contributed by atoms with van der Waals surface area (Å²) >= 11 is 0. The van der Waals surface area contributed by atoms with Crippen molar-refractivity contribution in [2.45, 2.75) is 134 Å². The Morgan fingerprint density at radius 2 is 1.47 bits per heavy atom. The van der Waals surface area contributed by atoms with Gasteiger partial charge in [0.1, 0.15) is 47.4 Å². The Bertz CT molecular complexity index is 2470. The molecule has 3 aromatic rings. The second kappa shape index (κ2) is 17.7. The van der Waals surface area contributed by atoms with Crippen molar-refractivity contribution in [3.05, 3.63) is 113 Å². The quantitative estimate of drug-likeness (QED) is 0.0946. The van der Waals surface area contributed by atoms with Crippen molar-refractivity contribution < 1.29 is 71.7 Å². The smallest absolute Gasteiger partial charge is 0.413 e. The highest BCUT2D eigenvalue weighted by molar-refractivity contribution is 5.94. The molecule has 5 aliphatic rings. The number of aliphatic hydroxyl groups is 1. The molecule has 3 aliphatic carbocycles. The number of methoxy groups -OCH3 is 3. The third-order valence-electron chi connectivity index (χ3n) is 14.7. The molecule has 68 heavy (non-hydrogen) atoms. The molecule has 2 saturated carbocycles. The molecule has 0 radical (unpaired) electrons. The lowest BCUT2D eigenvalue weighted by Gasteiger charge is -2.61. The van der Waals surface area contributed by atoms with Crippen LogP contribution in [0.1, 0.15) is 102 Å². The fourth-order valence-electron chi connectivity index (χ4n) is 11.3. The van der Waals surface area contributed by atoms with Gasteiger partial charge in [-0.25, -0.2) is 14.4 Å². The molecule has 2 aliphatic heterocycles. The number of epoxide rings is 1. The summed E-state index contributed by atoms with van der Waals surface area (Å²) in [6, 6.07) is 22.8. The first kappa shape index (κ1) is 48.8. The van der Waals surface area contributed by atoms with E-state index >= 15 is 9.59 Å². The number of hydrogen-bond donors (Lipinski definition) is 1. The van der Waals surface area contributed by atoms with Crippen molar-refractivity contribution in [1.82, 2.24) is 4.90 Å². The fourth-order valence-corrected chi connectivity index (χ4v) is 11.3. The number of fused-ring (bicyclic) bond motifs is 5. The summed E-state index contributed by atoms with van der Waals surface area (Å²) in [5.41, 5.74) is -4.47. The van der Waals surface area contributed by atoms with Crippen LogP contribution >= 0.6 is 0 Å². The van der Waals surface area contributed by atoms with Crippen LogP contribution in [0.25, 0.3) is 0 Å². The lowest BCUT2D eigenvalue weighted by Crippen LogP contribution is -2.74. The molecule has 2 unspecified atom stereocenters. The van der Waals surface area contributed by atoms with Gasteiger partial charge >= 0.3 is 24.0 Å². The maximum absolute atomic E-state index is 15.7. The number of ketones is 1. The van der Waals surface area contributed by atoms with Crippen LogP contribution in [0.3, 0.4) is 0 Å². The molecule has 0 aromatic heterocycles. The number of ether oxygens (including phenoxy) is 9. The van der Waals surface area contributed by atoms with Gasteiger partial charge in [0.2, 0.25) is 5.79 Å². The number of rotatable bonds is 10. The van der Waals surface area contributed by atoms with Crippen LogP contribution in [0.4, 0.5) is 4.79 Å². The molecule has 2 saturated heterocycles. The average Bonchev–Trinajstić information content (AvgIpc) is 3.83. The largest absolute Gasteiger partial charge is 0.497 e. The topological polar surface area (TPSA) is 195 Å². The van der Waals surface area contributed by atoms with Crippen molar-refractivity contribution in [2.24, 2.45) is 16.7 Å². The maximum atomic E-state index is 15.7. The van der Waals surface area contributed by atoms with Gasteiger partial charge in [-0.2, -0.15) is 0 Å². The van der Waals surface area contributed by atoms with Gasteiger partial charge in [-0.3, -0.25) is 14.5 Å². The van der Waals surface area contributed by atoms with E-state index in [1.165, 1.54) is 33.2 Å². The predicted octanol–water partition coefficient (Wildman–Crippen LogP) is 6.98. The van der Waals surface area contributed by atoms with E-state index < -0.39 is 119 Å². The van der Waals surface area contributed by atoms with E-state index in [4.69, 9.17) is 42.6 Å². The molecule has 364 valence electrons. The van der Waals surface area contributed by atoms with Crippen LogP contribution in [0.15, 0.2) is 96.1 Å². The molecule has 4 fully saturated rings. The number of carbonyl (C=O) groups excluding carboxylic acids is 5. The van der Waals surface area contributed by atoms with Gasteiger partial charge < -0.3 is 47.7 Å². The number of hydrogen-bond acceptors (Lipinski definition) is 15. The standard InChI is InChI=1S/C52H61NO15/c1-28-34(63-46(57)40-38(30-18-14-12-15-19-30)53(47(58)68-48(3,4)5)44(64-40)31-22-24-33(60-9)25-23-31)27-51(59)43(65-45(56)32-20-16-13-17-21-32)41-50(8,42(55)39(62-11)37(28)49(51,6)7)35(61-10)26-36-52(41,67-36)66-29(2)54/h12-25,34-36,38-41,43-44,59H,26-27H2,1-11H3/t34-,35-,36+,38-,39+,40+,41?,43-,44?,50+,51+,52+/m0/s1. The number of nitrogens with zero attached hydrogens (tertiary/aromatic N) is 1. The average molecular weight is 940 g/mol. The summed E-state index contributed by atoms with van der Waals surface area (Å²) in [7, 11) is 4.34. The monoisotopic (exact) mass is 939 g/mol. The van der Waals surface area contributed by atoms with Gasteiger partial charge in [-0.05, 0) is 75.6 Å². The van der Waals surface area contributed by atoms with Crippen molar-refractivity contribution in [3.63, 3.8) is 0 Å². The Morgan fingerprint density at radius 3 is 2.04 bits per heavy atom. The Balaban J connectivity index is 1.28. The van der Waals surface area contributed by atoms with E-state index in [2.05, 4.69) is 0 Å². The number of benzene rings is 3. The van der Waals surface area contributed by atoms with Crippen LogP contribution < -0.4 is 4.74 Å². The van der Waals surface area contributed by atoms with Crippen molar-refractivity contribution in [1.29, 1.82) is 0 Å². The lowest BCUT2D eigenvalue weighted by molar-refractivity contribution is -0.254. The normalized spacial score (nSPS) is 33.8. The summed E-state index contributed by atoms with van der Waals surface area (Å²) in [5, 5.41) is 13.9. The predicted molar refractivity (Wildman–Crippen MR) is 242 cm³/mol. The molecule has 1 amide bonds. The zero-order valence-corrected chi connectivity index (χ0v) is 40.3. The van der Waals surface area contributed by atoms with Gasteiger partial charge in [0.15, 0.2) is 18.1 Å². The van der Waals surface area contributed by atoms with E-state index in [0.717, 1.165) is 0 Å². The third kappa shape index (κ3) is 7.97. The highest BCUT2D eigenvalue weighted by atomic mass is 16.8. The summed E-state index contributed by atoms with van der Waals surface area (Å²) in [6.07, 6.45) is -9.76. The first-order chi connectivity index (χ1) is 32.1. The van der Waals surface area contributed by atoms with Crippen molar-refractivity contribution in [3.8, 4) is 5.75 Å². The van der Waals surface area contributed by atoms with Crippen LogP contribution in [-0.4, -0.2) is 115 Å². The summed E-state index contributed by atoms with van der Waals surface area (Å²) in [6.45, 7) is 13.2. The highest BCUT2D eigenvalue weighted by Crippen LogP contribution is 2.67. The van der Waals surface area contributed by atoms with Crippen LogP contribution in [-0.2, 0) is 52.3 Å². The van der Waals surface area contributed by atoms with Crippen LogP contribution in [0.2, 0.25) is 0 Å². The van der Waals surface area contributed by atoms with Gasteiger partial charge in [0.25, 0.3) is 0 Å². The molecule has 8 rings (SSSR count). The minimum Gasteiger partial charge on any atom is -0.497 e. The van der Waals surface area contributed by atoms with E-state index in [1.54, 1.807) is 133 Å². The van der Waals surface area contributed by atoms with E-state index in [-0.39, 0.29) is 17.6 Å². The molecule has 16 nitrogen and oxygen atoms in total. The Morgan fingerprint density at radius 1 is 0.838 bits per heavy atom. The molecule has 0 spiro atoms. The lowest BCUT2D eigenvalue weighted by atomic mass is 9.47. The number of esters is 3. The molecular formula is C52H61NO15. The van der Waals surface area contributed by atoms with E-state index in [1.807, 2.05) is 0 Å². The zero-order chi connectivity index (χ0) is 49.3.